The third kappa shape index (κ3) is 3.26. The van der Waals surface area contributed by atoms with Crippen molar-refractivity contribution in [2.24, 2.45) is 11.3 Å². The van der Waals surface area contributed by atoms with Gasteiger partial charge in [-0.15, -0.1) is 0 Å². The molecule has 1 unspecified atom stereocenters. The maximum absolute atomic E-state index is 13.2. The van der Waals surface area contributed by atoms with Gasteiger partial charge in [-0.2, -0.15) is 0 Å². The molecule has 0 saturated heterocycles. The van der Waals surface area contributed by atoms with Crippen LogP contribution in [0.15, 0.2) is 22.7 Å². The van der Waals surface area contributed by atoms with Gasteiger partial charge >= 0.3 is 0 Å². The molecule has 1 aromatic rings. The molecule has 0 saturated carbocycles. The van der Waals surface area contributed by atoms with Gasteiger partial charge in [0.15, 0.2) is 0 Å². The number of hydrazine groups is 1. The smallest absolute Gasteiger partial charge is 0.124 e. The van der Waals surface area contributed by atoms with Gasteiger partial charge in [0.1, 0.15) is 5.82 Å². The van der Waals surface area contributed by atoms with E-state index in [-0.39, 0.29) is 17.3 Å². The van der Waals surface area contributed by atoms with Crippen molar-refractivity contribution in [2.45, 2.75) is 26.8 Å². The molecule has 0 aromatic heterocycles. The van der Waals surface area contributed by atoms with Crippen LogP contribution in [-0.2, 0) is 0 Å². The molecule has 0 radical (unpaired) electrons. The maximum Gasteiger partial charge on any atom is 0.124 e. The zero-order chi connectivity index (χ0) is 11.6. The lowest BCUT2D eigenvalue weighted by Gasteiger charge is -2.30. The Morgan fingerprint density at radius 2 is 1.93 bits per heavy atom. The Hall–Kier alpha value is -0.450. The van der Waals surface area contributed by atoms with Crippen LogP contribution in [0.1, 0.15) is 32.4 Å². The highest BCUT2D eigenvalue weighted by Gasteiger charge is 2.25. The van der Waals surface area contributed by atoms with Crippen molar-refractivity contribution in [3.63, 3.8) is 0 Å². The number of hydrogen-bond donors (Lipinski definition) is 2. The van der Waals surface area contributed by atoms with Gasteiger partial charge in [0, 0.05) is 4.47 Å². The average Bonchev–Trinajstić information content (AvgIpc) is 1.99. The molecular weight excluding hydrogens is 259 g/mol. The summed E-state index contributed by atoms with van der Waals surface area (Å²) in [7, 11) is 0. The van der Waals surface area contributed by atoms with Gasteiger partial charge in [0.2, 0.25) is 0 Å². The first-order valence-electron chi connectivity index (χ1n) is 4.76. The fourth-order valence-corrected chi connectivity index (χ4v) is 2.07. The van der Waals surface area contributed by atoms with Gasteiger partial charge in [-0.25, -0.2) is 4.39 Å². The summed E-state index contributed by atoms with van der Waals surface area (Å²) in [6.45, 7) is 6.16. The Balaban J connectivity index is 3.13. The van der Waals surface area contributed by atoms with Crippen molar-refractivity contribution < 1.29 is 4.39 Å². The van der Waals surface area contributed by atoms with E-state index in [0.29, 0.717) is 0 Å². The Morgan fingerprint density at radius 1 is 1.33 bits per heavy atom. The van der Waals surface area contributed by atoms with E-state index in [1.165, 1.54) is 12.1 Å². The molecule has 0 heterocycles. The number of halogens is 2. The van der Waals surface area contributed by atoms with Crippen LogP contribution in [-0.4, -0.2) is 0 Å². The fourth-order valence-electron chi connectivity index (χ4n) is 1.59. The lowest BCUT2D eigenvalue weighted by Crippen LogP contribution is -2.36. The molecule has 0 fully saturated rings. The largest absolute Gasteiger partial charge is 0.271 e. The Bertz CT molecular complexity index is 327. The molecule has 0 spiro atoms. The predicted molar refractivity (Wildman–Crippen MR) is 63.6 cm³/mol. The number of hydrogen-bond acceptors (Lipinski definition) is 2. The molecule has 1 aromatic carbocycles. The SMILES string of the molecule is CC(C)(C)C(NN)c1cc(F)cc(Br)c1. The topological polar surface area (TPSA) is 38.0 Å². The van der Waals surface area contributed by atoms with Gasteiger partial charge in [-0.3, -0.25) is 11.3 Å². The van der Waals surface area contributed by atoms with Crippen LogP contribution in [0.5, 0.6) is 0 Å². The van der Waals surface area contributed by atoms with E-state index in [4.69, 9.17) is 5.84 Å². The standard InChI is InChI=1S/C11H16BrFN2/c1-11(2,3)10(15-14)7-4-8(12)6-9(13)5-7/h4-6,10,15H,14H2,1-3H3. The molecule has 84 valence electrons. The first-order chi connectivity index (χ1) is 6.84. The summed E-state index contributed by atoms with van der Waals surface area (Å²) >= 11 is 3.27. The lowest BCUT2D eigenvalue weighted by atomic mass is 9.83. The van der Waals surface area contributed by atoms with Crippen LogP contribution in [0.3, 0.4) is 0 Å². The second-order valence-electron chi connectivity index (χ2n) is 4.67. The molecule has 0 aliphatic heterocycles. The Kier molecular flexibility index (Phi) is 3.87. The minimum atomic E-state index is -0.260. The van der Waals surface area contributed by atoms with Gasteiger partial charge in [-0.1, -0.05) is 36.7 Å². The minimum Gasteiger partial charge on any atom is -0.271 e. The zero-order valence-electron chi connectivity index (χ0n) is 9.14. The van der Waals surface area contributed by atoms with E-state index in [2.05, 4.69) is 42.1 Å². The van der Waals surface area contributed by atoms with Crippen molar-refractivity contribution in [1.82, 2.24) is 5.43 Å². The molecular formula is C11H16BrFN2. The van der Waals surface area contributed by atoms with Gasteiger partial charge < -0.3 is 0 Å². The Morgan fingerprint density at radius 3 is 2.33 bits per heavy atom. The fraction of sp³-hybridized carbons (Fsp3) is 0.455. The first-order valence-corrected chi connectivity index (χ1v) is 5.56. The number of rotatable bonds is 2. The van der Waals surface area contributed by atoms with Crippen LogP contribution in [0.4, 0.5) is 4.39 Å². The number of nitrogens with two attached hydrogens (primary N) is 1. The average molecular weight is 275 g/mol. The quantitative estimate of drug-likeness (QED) is 0.642. The third-order valence-corrected chi connectivity index (χ3v) is 2.71. The summed E-state index contributed by atoms with van der Waals surface area (Å²) in [4.78, 5) is 0. The summed E-state index contributed by atoms with van der Waals surface area (Å²) in [6.07, 6.45) is 0. The minimum absolute atomic E-state index is 0.0675. The van der Waals surface area contributed by atoms with Crippen LogP contribution in [0, 0.1) is 11.2 Å². The molecule has 0 aliphatic carbocycles. The van der Waals surface area contributed by atoms with Gasteiger partial charge in [0.25, 0.3) is 0 Å². The van der Waals surface area contributed by atoms with Crippen molar-refractivity contribution in [3.05, 3.63) is 34.1 Å². The van der Waals surface area contributed by atoms with Crippen molar-refractivity contribution in [2.75, 3.05) is 0 Å². The van der Waals surface area contributed by atoms with Gasteiger partial charge in [-0.05, 0) is 29.2 Å². The lowest BCUT2D eigenvalue weighted by molar-refractivity contribution is 0.275. The summed E-state index contributed by atoms with van der Waals surface area (Å²) in [5.41, 5.74) is 3.50. The van der Waals surface area contributed by atoms with Crippen LogP contribution in [0.2, 0.25) is 0 Å². The van der Waals surface area contributed by atoms with E-state index in [1.54, 1.807) is 0 Å². The normalized spacial score (nSPS) is 14.0. The summed E-state index contributed by atoms with van der Waals surface area (Å²) in [5, 5.41) is 0. The van der Waals surface area contributed by atoms with Crippen LogP contribution >= 0.6 is 15.9 Å². The molecule has 3 N–H and O–H groups in total. The molecule has 1 atom stereocenters. The Labute approximate surface area is 98.1 Å². The van der Waals surface area contributed by atoms with E-state index >= 15 is 0 Å². The zero-order valence-corrected chi connectivity index (χ0v) is 10.7. The molecule has 0 bridgehead atoms. The van der Waals surface area contributed by atoms with Crippen molar-refractivity contribution in [1.29, 1.82) is 0 Å². The van der Waals surface area contributed by atoms with Gasteiger partial charge in [0.05, 0.1) is 6.04 Å². The molecule has 0 aliphatic rings. The molecule has 15 heavy (non-hydrogen) atoms. The predicted octanol–water partition coefficient (Wildman–Crippen LogP) is 3.14. The summed E-state index contributed by atoms with van der Waals surface area (Å²) in [5.74, 6) is 5.24. The first kappa shape index (κ1) is 12.6. The number of nitrogens with one attached hydrogen (secondary N) is 1. The van der Waals surface area contributed by atoms with Crippen molar-refractivity contribution in [3.8, 4) is 0 Å². The van der Waals surface area contributed by atoms with E-state index < -0.39 is 0 Å². The van der Waals surface area contributed by atoms with E-state index in [9.17, 15) is 4.39 Å². The molecule has 1 rings (SSSR count). The monoisotopic (exact) mass is 274 g/mol. The highest BCUT2D eigenvalue weighted by Crippen LogP contribution is 2.33. The second-order valence-corrected chi connectivity index (χ2v) is 5.58. The third-order valence-electron chi connectivity index (χ3n) is 2.25. The van der Waals surface area contributed by atoms with Crippen LogP contribution < -0.4 is 11.3 Å². The van der Waals surface area contributed by atoms with Crippen molar-refractivity contribution >= 4 is 15.9 Å². The molecule has 0 amide bonds. The molecule has 2 nitrogen and oxygen atoms in total. The molecule has 4 heteroatoms. The summed E-state index contributed by atoms with van der Waals surface area (Å²) < 4.78 is 13.9. The maximum atomic E-state index is 13.2. The summed E-state index contributed by atoms with van der Waals surface area (Å²) in [6, 6.07) is 4.73. The second kappa shape index (κ2) is 4.60. The highest BCUT2D eigenvalue weighted by atomic mass is 79.9. The van der Waals surface area contributed by atoms with E-state index in [0.717, 1.165) is 10.0 Å². The van der Waals surface area contributed by atoms with Crippen LogP contribution in [0.25, 0.3) is 0 Å². The van der Waals surface area contributed by atoms with E-state index in [1.807, 2.05) is 6.07 Å². The number of benzene rings is 1. The highest BCUT2D eigenvalue weighted by molar-refractivity contribution is 9.10.